The predicted octanol–water partition coefficient (Wildman–Crippen LogP) is 2.15. The van der Waals surface area contributed by atoms with E-state index in [4.69, 9.17) is 10.2 Å². The molecular formula is C10H21NO4. The van der Waals surface area contributed by atoms with E-state index >= 15 is 0 Å². The van der Waals surface area contributed by atoms with Crippen LogP contribution in [0, 0.1) is 11.8 Å². The van der Waals surface area contributed by atoms with E-state index in [2.05, 4.69) is 0 Å². The summed E-state index contributed by atoms with van der Waals surface area (Å²) in [5.74, 6) is -2.21. The first-order valence-electron chi connectivity index (χ1n) is 4.90. The maximum absolute atomic E-state index is 10.4. The van der Waals surface area contributed by atoms with Crippen molar-refractivity contribution in [1.82, 2.24) is 6.15 Å². The van der Waals surface area contributed by atoms with Crippen LogP contribution < -0.4 is 6.15 Å². The third-order valence-corrected chi connectivity index (χ3v) is 2.37. The van der Waals surface area contributed by atoms with Gasteiger partial charge < -0.3 is 16.4 Å². The van der Waals surface area contributed by atoms with Crippen molar-refractivity contribution in [3.8, 4) is 0 Å². The van der Waals surface area contributed by atoms with Gasteiger partial charge in [0.1, 0.15) is 0 Å². The van der Waals surface area contributed by atoms with E-state index < -0.39 is 11.9 Å². The molecule has 0 aliphatic carbocycles. The van der Waals surface area contributed by atoms with Crippen molar-refractivity contribution in [1.29, 1.82) is 0 Å². The Kier molecular flexibility index (Phi) is 8.96. The van der Waals surface area contributed by atoms with E-state index in [0.717, 1.165) is 12.8 Å². The summed E-state index contributed by atoms with van der Waals surface area (Å²) >= 11 is 0. The molecule has 0 aromatic rings. The van der Waals surface area contributed by atoms with Crippen molar-refractivity contribution in [2.45, 2.75) is 39.5 Å². The van der Waals surface area contributed by atoms with Crippen LogP contribution >= 0.6 is 0 Å². The zero-order valence-electron chi connectivity index (χ0n) is 9.40. The third-order valence-electron chi connectivity index (χ3n) is 2.37. The number of carbonyl (C=O) groups is 2. The Morgan fingerprint density at radius 3 is 1.40 bits per heavy atom. The van der Waals surface area contributed by atoms with E-state index in [1.54, 1.807) is 13.8 Å². The third kappa shape index (κ3) is 7.93. The average molecular weight is 219 g/mol. The van der Waals surface area contributed by atoms with Gasteiger partial charge in [0.2, 0.25) is 0 Å². The highest BCUT2D eigenvalue weighted by molar-refractivity contribution is 5.69. The van der Waals surface area contributed by atoms with Crippen LogP contribution in [0.2, 0.25) is 0 Å². The molecule has 0 aromatic heterocycles. The van der Waals surface area contributed by atoms with Gasteiger partial charge in [0.25, 0.3) is 0 Å². The molecule has 15 heavy (non-hydrogen) atoms. The first-order chi connectivity index (χ1) is 6.45. The standard InChI is InChI=1S/C10H18O4.H3N/c1-7(9(11)12)5-3-4-6-8(2)10(13)14;/h7-8H,3-6H2,1-2H3,(H,11,12)(H,13,14);1H3. The van der Waals surface area contributed by atoms with Crippen molar-refractivity contribution in [2.75, 3.05) is 0 Å². The highest BCUT2D eigenvalue weighted by Crippen LogP contribution is 2.13. The lowest BCUT2D eigenvalue weighted by Gasteiger charge is -2.07. The normalized spacial score (nSPS) is 13.7. The molecule has 0 aliphatic rings. The number of aliphatic carboxylic acids is 2. The van der Waals surface area contributed by atoms with Gasteiger partial charge >= 0.3 is 11.9 Å². The van der Waals surface area contributed by atoms with Gasteiger partial charge in [0.15, 0.2) is 0 Å². The summed E-state index contributed by atoms with van der Waals surface area (Å²) in [7, 11) is 0. The Labute approximate surface area is 90.1 Å². The number of hydrogen-bond acceptors (Lipinski definition) is 3. The average Bonchev–Trinajstić information content (AvgIpc) is 2.11. The number of rotatable bonds is 7. The molecule has 0 rings (SSSR count). The van der Waals surface area contributed by atoms with Crippen molar-refractivity contribution in [3.05, 3.63) is 0 Å². The Morgan fingerprint density at radius 2 is 1.20 bits per heavy atom. The van der Waals surface area contributed by atoms with Crippen molar-refractivity contribution in [3.63, 3.8) is 0 Å². The lowest BCUT2D eigenvalue weighted by atomic mass is 9.99. The van der Waals surface area contributed by atoms with Gasteiger partial charge in [-0.15, -0.1) is 0 Å². The Morgan fingerprint density at radius 1 is 0.933 bits per heavy atom. The van der Waals surface area contributed by atoms with E-state index in [1.807, 2.05) is 0 Å². The first-order valence-corrected chi connectivity index (χ1v) is 4.90. The fourth-order valence-corrected chi connectivity index (χ4v) is 1.15. The Bertz CT molecular complexity index is 184. The molecule has 5 N–H and O–H groups in total. The molecule has 2 atom stereocenters. The van der Waals surface area contributed by atoms with E-state index in [9.17, 15) is 9.59 Å². The summed E-state index contributed by atoms with van der Waals surface area (Å²) in [5.41, 5.74) is 0. The van der Waals surface area contributed by atoms with E-state index in [-0.39, 0.29) is 18.0 Å². The smallest absolute Gasteiger partial charge is 0.306 e. The number of hydrogen-bond donors (Lipinski definition) is 3. The fourth-order valence-electron chi connectivity index (χ4n) is 1.15. The molecule has 0 fully saturated rings. The number of carboxylic acid groups (broad SMARTS) is 2. The van der Waals surface area contributed by atoms with Gasteiger partial charge in [-0.2, -0.15) is 0 Å². The molecule has 2 unspecified atom stereocenters. The zero-order valence-corrected chi connectivity index (χ0v) is 9.40. The second kappa shape index (κ2) is 8.23. The largest absolute Gasteiger partial charge is 0.481 e. The molecule has 5 heteroatoms. The lowest BCUT2D eigenvalue weighted by molar-refractivity contribution is -0.142. The van der Waals surface area contributed by atoms with Crippen LogP contribution in [0.4, 0.5) is 0 Å². The summed E-state index contributed by atoms with van der Waals surface area (Å²) < 4.78 is 0. The van der Waals surface area contributed by atoms with Gasteiger partial charge in [0.05, 0.1) is 11.8 Å². The molecule has 0 aromatic carbocycles. The number of unbranched alkanes of at least 4 members (excludes halogenated alkanes) is 1. The Hall–Kier alpha value is -1.10. The van der Waals surface area contributed by atoms with Gasteiger partial charge in [-0.3, -0.25) is 9.59 Å². The second-order valence-corrected chi connectivity index (χ2v) is 3.76. The Balaban J connectivity index is 0. The van der Waals surface area contributed by atoms with Crippen molar-refractivity contribution in [2.24, 2.45) is 11.8 Å². The topological polar surface area (TPSA) is 110 Å². The summed E-state index contributed by atoms with van der Waals surface area (Å²) in [6, 6.07) is 0. The van der Waals surface area contributed by atoms with Crippen LogP contribution in [0.3, 0.4) is 0 Å². The molecule has 0 bridgehead atoms. The maximum Gasteiger partial charge on any atom is 0.306 e. The van der Waals surface area contributed by atoms with Crippen LogP contribution in [0.25, 0.3) is 0 Å². The minimum Gasteiger partial charge on any atom is -0.481 e. The molecule has 0 heterocycles. The molecule has 0 amide bonds. The van der Waals surface area contributed by atoms with Crippen molar-refractivity contribution >= 4 is 11.9 Å². The quantitative estimate of drug-likeness (QED) is 0.568. The van der Waals surface area contributed by atoms with Crippen LogP contribution in [-0.2, 0) is 9.59 Å². The van der Waals surface area contributed by atoms with Crippen LogP contribution in [-0.4, -0.2) is 22.2 Å². The highest BCUT2D eigenvalue weighted by Gasteiger charge is 2.12. The van der Waals surface area contributed by atoms with Crippen LogP contribution in [0.1, 0.15) is 39.5 Å². The van der Waals surface area contributed by atoms with Gasteiger partial charge in [-0.05, 0) is 12.8 Å². The summed E-state index contributed by atoms with van der Waals surface area (Å²) in [5, 5.41) is 17.2. The lowest BCUT2D eigenvalue weighted by Crippen LogP contribution is -2.11. The minimum absolute atomic E-state index is 0. The highest BCUT2D eigenvalue weighted by atomic mass is 16.4. The molecular weight excluding hydrogens is 198 g/mol. The molecule has 0 spiro atoms. The maximum atomic E-state index is 10.4. The molecule has 0 saturated heterocycles. The van der Waals surface area contributed by atoms with Gasteiger partial charge in [-0.25, -0.2) is 0 Å². The predicted molar refractivity (Wildman–Crippen MR) is 57.1 cm³/mol. The minimum atomic E-state index is -0.781. The SMILES string of the molecule is CC(CCCCC(C)C(=O)O)C(=O)O.N. The van der Waals surface area contributed by atoms with Crippen molar-refractivity contribution < 1.29 is 19.8 Å². The molecule has 0 saturated carbocycles. The zero-order chi connectivity index (χ0) is 11.1. The molecule has 90 valence electrons. The summed E-state index contributed by atoms with van der Waals surface area (Å²) in [6.45, 7) is 3.34. The van der Waals surface area contributed by atoms with Gasteiger partial charge in [0, 0.05) is 0 Å². The molecule has 0 radical (unpaired) electrons. The van der Waals surface area contributed by atoms with Crippen LogP contribution in [0.15, 0.2) is 0 Å². The monoisotopic (exact) mass is 219 g/mol. The van der Waals surface area contributed by atoms with Crippen LogP contribution in [0.5, 0.6) is 0 Å². The second-order valence-electron chi connectivity index (χ2n) is 3.76. The van der Waals surface area contributed by atoms with E-state index in [1.165, 1.54) is 0 Å². The molecule has 0 aliphatic heterocycles. The first kappa shape index (κ1) is 16.3. The molecule has 5 nitrogen and oxygen atoms in total. The number of carboxylic acids is 2. The van der Waals surface area contributed by atoms with E-state index in [0.29, 0.717) is 12.8 Å². The van der Waals surface area contributed by atoms with Gasteiger partial charge in [-0.1, -0.05) is 26.7 Å². The fraction of sp³-hybridized carbons (Fsp3) is 0.800. The summed E-state index contributed by atoms with van der Waals surface area (Å²) in [6.07, 6.45) is 2.82. The summed E-state index contributed by atoms with van der Waals surface area (Å²) in [4.78, 5) is 20.9.